The third-order valence-electron chi connectivity index (χ3n) is 4.10. The van der Waals surface area contributed by atoms with E-state index in [0.29, 0.717) is 0 Å². The smallest absolute Gasteiger partial charge is 0.317 e. The Hall–Kier alpha value is -1.11. The maximum Gasteiger partial charge on any atom is 0.317 e. The Morgan fingerprint density at radius 2 is 2.24 bits per heavy atom. The zero-order chi connectivity index (χ0) is 14.7. The molecule has 6 heteroatoms. The van der Waals surface area contributed by atoms with Gasteiger partial charge in [0.15, 0.2) is 0 Å². The second-order valence-corrected chi connectivity index (χ2v) is 6.80. The van der Waals surface area contributed by atoms with Gasteiger partial charge in [0.25, 0.3) is 0 Å². The van der Waals surface area contributed by atoms with E-state index in [1.165, 1.54) is 10.4 Å². The third kappa shape index (κ3) is 3.75. The Balaban J connectivity index is 1.47. The van der Waals surface area contributed by atoms with Crippen molar-refractivity contribution < 1.29 is 9.53 Å². The zero-order valence-corrected chi connectivity index (χ0v) is 13.3. The van der Waals surface area contributed by atoms with E-state index < -0.39 is 0 Å². The number of hydrogen-bond acceptors (Lipinski definition) is 4. The molecule has 1 atom stereocenters. The first-order chi connectivity index (χ1) is 10.2. The van der Waals surface area contributed by atoms with Crippen molar-refractivity contribution in [2.75, 3.05) is 39.4 Å². The van der Waals surface area contributed by atoms with E-state index in [1.54, 1.807) is 11.3 Å². The molecule has 1 aromatic rings. The molecule has 0 unspecified atom stereocenters. The quantitative estimate of drug-likeness (QED) is 0.921. The number of ether oxygens (including phenoxy) is 1. The maximum absolute atomic E-state index is 12.4. The van der Waals surface area contributed by atoms with Crippen LogP contribution in [0.15, 0.2) is 11.4 Å². The number of carbonyl (C=O) groups is 1. The Morgan fingerprint density at radius 1 is 1.43 bits per heavy atom. The van der Waals surface area contributed by atoms with Gasteiger partial charge in [-0.1, -0.05) is 0 Å². The van der Waals surface area contributed by atoms with Gasteiger partial charge in [-0.3, -0.25) is 4.90 Å². The lowest BCUT2D eigenvalue weighted by Gasteiger charge is -2.32. The summed E-state index contributed by atoms with van der Waals surface area (Å²) >= 11 is 1.80. The minimum absolute atomic E-state index is 0.0626. The number of nitrogens with one attached hydrogen (secondary N) is 1. The fourth-order valence-electron chi connectivity index (χ4n) is 2.94. The van der Waals surface area contributed by atoms with Crippen LogP contribution in [0.3, 0.4) is 0 Å². The molecule has 2 aliphatic rings. The molecule has 3 heterocycles. The summed E-state index contributed by atoms with van der Waals surface area (Å²) in [4.78, 5) is 18.1. The number of rotatable bonds is 3. The summed E-state index contributed by atoms with van der Waals surface area (Å²) in [5, 5.41) is 5.25. The molecule has 1 fully saturated rings. The van der Waals surface area contributed by atoms with Gasteiger partial charge in [0.05, 0.1) is 13.2 Å². The fourth-order valence-corrected chi connectivity index (χ4v) is 3.83. The van der Waals surface area contributed by atoms with Crippen molar-refractivity contribution >= 4 is 17.4 Å². The molecule has 0 aromatic carbocycles. The summed E-state index contributed by atoms with van der Waals surface area (Å²) in [6, 6.07) is 2.36. The van der Waals surface area contributed by atoms with Gasteiger partial charge in [-0.25, -0.2) is 4.79 Å². The summed E-state index contributed by atoms with van der Waals surface area (Å²) in [5.41, 5.74) is 1.31. The van der Waals surface area contributed by atoms with Gasteiger partial charge >= 0.3 is 6.03 Å². The highest BCUT2D eigenvalue weighted by Crippen LogP contribution is 2.23. The average Bonchev–Trinajstić information content (AvgIpc) is 2.95. The van der Waals surface area contributed by atoms with Crippen molar-refractivity contribution in [3.8, 4) is 0 Å². The van der Waals surface area contributed by atoms with Crippen molar-refractivity contribution in [1.82, 2.24) is 15.1 Å². The number of amides is 2. The molecule has 1 aromatic heterocycles. The Bertz CT molecular complexity index is 485. The van der Waals surface area contributed by atoms with E-state index >= 15 is 0 Å². The zero-order valence-electron chi connectivity index (χ0n) is 12.5. The van der Waals surface area contributed by atoms with Crippen LogP contribution in [0.1, 0.15) is 17.4 Å². The van der Waals surface area contributed by atoms with Crippen molar-refractivity contribution in [1.29, 1.82) is 0 Å². The highest BCUT2D eigenvalue weighted by atomic mass is 32.1. The van der Waals surface area contributed by atoms with Gasteiger partial charge in [0.2, 0.25) is 0 Å². The second kappa shape index (κ2) is 6.77. The normalized spacial score (nSPS) is 20.9. The molecule has 2 aliphatic heterocycles. The molecule has 116 valence electrons. The molecule has 21 heavy (non-hydrogen) atoms. The second-order valence-electron chi connectivity index (χ2n) is 5.80. The van der Waals surface area contributed by atoms with Gasteiger partial charge in [-0.05, 0) is 30.4 Å². The monoisotopic (exact) mass is 309 g/mol. The highest BCUT2D eigenvalue weighted by Gasteiger charge is 2.23. The summed E-state index contributed by atoms with van der Waals surface area (Å²) in [7, 11) is 0. The summed E-state index contributed by atoms with van der Waals surface area (Å²) in [6.45, 7) is 8.06. The summed E-state index contributed by atoms with van der Waals surface area (Å²) in [5.74, 6) is 0. The van der Waals surface area contributed by atoms with E-state index in [1.807, 2.05) is 4.90 Å². The van der Waals surface area contributed by atoms with Crippen LogP contribution in [0.4, 0.5) is 4.79 Å². The van der Waals surface area contributed by atoms with E-state index in [-0.39, 0.29) is 12.1 Å². The first kappa shape index (κ1) is 14.8. The van der Waals surface area contributed by atoms with Crippen molar-refractivity contribution in [3.63, 3.8) is 0 Å². The molecule has 0 bridgehead atoms. The molecule has 5 nitrogen and oxygen atoms in total. The number of nitrogens with zero attached hydrogens (tertiary/aromatic N) is 2. The standard InChI is InChI=1S/C15H23N3O2S/c1-12(10-17-5-7-20-8-6-17)16-15(19)18-4-2-14-13(11-18)3-9-21-14/h3,9,12H,2,4-8,10-11H2,1H3,(H,16,19)/t12-/m0/s1. The first-order valence-electron chi connectivity index (χ1n) is 7.63. The van der Waals surface area contributed by atoms with Crippen molar-refractivity contribution in [3.05, 3.63) is 21.9 Å². The van der Waals surface area contributed by atoms with Crippen molar-refractivity contribution in [2.24, 2.45) is 0 Å². The predicted octanol–water partition coefficient (Wildman–Crippen LogP) is 1.54. The molecular formula is C15H23N3O2S. The number of morpholine rings is 1. The van der Waals surface area contributed by atoms with Crippen LogP contribution in [0.5, 0.6) is 0 Å². The van der Waals surface area contributed by atoms with Gasteiger partial charge in [-0.15, -0.1) is 11.3 Å². The minimum atomic E-state index is 0.0626. The van der Waals surface area contributed by atoms with E-state index in [0.717, 1.165) is 52.4 Å². The molecular weight excluding hydrogens is 286 g/mol. The maximum atomic E-state index is 12.4. The Kier molecular flexibility index (Phi) is 4.77. The van der Waals surface area contributed by atoms with Crippen LogP contribution >= 0.6 is 11.3 Å². The lowest BCUT2D eigenvalue weighted by molar-refractivity contribution is 0.0346. The van der Waals surface area contributed by atoms with Crippen LogP contribution < -0.4 is 5.32 Å². The van der Waals surface area contributed by atoms with Gasteiger partial charge in [-0.2, -0.15) is 0 Å². The van der Waals surface area contributed by atoms with Crippen LogP contribution in [0, 0.1) is 0 Å². The number of carbonyl (C=O) groups excluding carboxylic acids is 1. The lowest BCUT2D eigenvalue weighted by atomic mass is 10.1. The summed E-state index contributed by atoms with van der Waals surface area (Å²) < 4.78 is 5.35. The molecule has 0 saturated carbocycles. The summed E-state index contributed by atoms with van der Waals surface area (Å²) in [6.07, 6.45) is 0.984. The molecule has 2 amide bonds. The fraction of sp³-hybridized carbons (Fsp3) is 0.667. The number of hydrogen-bond donors (Lipinski definition) is 1. The molecule has 3 rings (SSSR count). The molecule has 0 aliphatic carbocycles. The Labute approximate surface area is 129 Å². The third-order valence-corrected chi connectivity index (χ3v) is 5.12. The lowest BCUT2D eigenvalue weighted by Crippen LogP contribution is -2.50. The van der Waals surface area contributed by atoms with Gasteiger partial charge < -0.3 is 15.0 Å². The van der Waals surface area contributed by atoms with Crippen LogP contribution in [-0.4, -0.2) is 61.3 Å². The highest BCUT2D eigenvalue weighted by molar-refractivity contribution is 7.10. The Morgan fingerprint density at radius 3 is 3.05 bits per heavy atom. The molecule has 1 N–H and O–H groups in total. The van der Waals surface area contributed by atoms with Crippen molar-refractivity contribution in [2.45, 2.75) is 25.9 Å². The largest absolute Gasteiger partial charge is 0.379 e. The number of urea groups is 1. The number of fused-ring (bicyclic) bond motifs is 1. The van der Waals surface area contributed by atoms with Crippen LogP contribution in [0.2, 0.25) is 0 Å². The van der Waals surface area contributed by atoms with Gasteiger partial charge in [0.1, 0.15) is 0 Å². The molecule has 0 radical (unpaired) electrons. The molecule has 0 spiro atoms. The van der Waals surface area contributed by atoms with E-state index in [9.17, 15) is 4.79 Å². The topological polar surface area (TPSA) is 44.8 Å². The van der Waals surface area contributed by atoms with Gasteiger partial charge in [0, 0.05) is 43.6 Å². The first-order valence-corrected chi connectivity index (χ1v) is 8.51. The van der Waals surface area contributed by atoms with E-state index in [4.69, 9.17) is 4.74 Å². The predicted molar refractivity (Wildman–Crippen MR) is 83.7 cm³/mol. The van der Waals surface area contributed by atoms with E-state index in [2.05, 4.69) is 28.6 Å². The molecule has 1 saturated heterocycles. The SMILES string of the molecule is C[C@@H](CN1CCOCC1)NC(=O)N1CCc2sccc2C1. The van der Waals surface area contributed by atoms with Crippen LogP contribution in [0.25, 0.3) is 0 Å². The number of thiophene rings is 1. The average molecular weight is 309 g/mol. The minimum Gasteiger partial charge on any atom is -0.379 e. The van der Waals surface area contributed by atoms with Crippen LogP contribution in [-0.2, 0) is 17.7 Å².